The van der Waals surface area contributed by atoms with Gasteiger partial charge in [0.05, 0.1) is 13.3 Å². The van der Waals surface area contributed by atoms with Gasteiger partial charge in [0.25, 0.3) is 0 Å². The fraction of sp³-hybridized carbons (Fsp3) is 0.688. The van der Waals surface area contributed by atoms with Crippen molar-refractivity contribution in [1.82, 2.24) is 10.2 Å². The highest BCUT2D eigenvalue weighted by atomic mass is 32.1. The van der Waals surface area contributed by atoms with Crippen molar-refractivity contribution in [2.24, 2.45) is 0 Å². The van der Waals surface area contributed by atoms with Crippen molar-refractivity contribution < 1.29 is 11.0 Å². The molecule has 1 N–H and O–H groups in total. The molecule has 1 amide bonds. The molecule has 1 aromatic rings. The number of rotatable bonds is 8. The number of hydrogen-bond acceptors (Lipinski definition) is 4. The second-order valence-corrected chi connectivity index (χ2v) is 6.45. The molecule has 2 heterocycles. The van der Waals surface area contributed by atoms with E-state index in [0.29, 0.717) is 26.3 Å². The number of carbonyl (C=O) groups is 1. The Balaban J connectivity index is 0.00000242. The Morgan fingerprint density at radius 3 is 2.95 bits per heavy atom. The van der Waals surface area contributed by atoms with E-state index < -0.39 is 0 Å². The quantitative estimate of drug-likeness (QED) is 0.592. The van der Waals surface area contributed by atoms with Crippen molar-refractivity contribution in [1.29, 1.82) is 0 Å². The maximum atomic E-state index is 11.9. The van der Waals surface area contributed by atoms with Gasteiger partial charge in [-0.25, -0.2) is 0 Å². The van der Waals surface area contributed by atoms with Crippen LogP contribution in [0, 0.1) is 0 Å². The SMILES string of the molecule is CCc1cc(COCNCCC(=O)N2CCCCC2)cs1.[HH]. The minimum Gasteiger partial charge on any atom is -0.362 e. The highest BCUT2D eigenvalue weighted by molar-refractivity contribution is 7.10. The first-order valence-corrected chi connectivity index (χ1v) is 8.80. The summed E-state index contributed by atoms with van der Waals surface area (Å²) in [6, 6.07) is 2.20. The van der Waals surface area contributed by atoms with Gasteiger partial charge in [-0.15, -0.1) is 11.3 Å². The molecule has 0 bridgehead atoms. The van der Waals surface area contributed by atoms with E-state index in [9.17, 15) is 4.79 Å². The summed E-state index contributed by atoms with van der Waals surface area (Å²) in [4.78, 5) is 15.3. The van der Waals surface area contributed by atoms with E-state index >= 15 is 0 Å². The third kappa shape index (κ3) is 5.77. The van der Waals surface area contributed by atoms with E-state index in [1.807, 2.05) is 4.90 Å². The van der Waals surface area contributed by atoms with Crippen LogP contribution in [-0.4, -0.2) is 37.2 Å². The zero-order valence-corrected chi connectivity index (χ0v) is 13.7. The van der Waals surface area contributed by atoms with E-state index in [2.05, 4.69) is 23.7 Å². The summed E-state index contributed by atoms with van der Waals surface area (Å²) in [5.41, 5.74) is 1.24. The first-order valence-electron chi connectivity index (χ1n) is 7.92. The number of thiophene rings is 1. The van der Waals surface area contributed by atoms with Crippen molar-refractivity contribution in [2.75, 3.05) is 26.4 Å². The van der Waals surface area contributed by atoms with E-state index in [0.717, 1.165) is 32.4 Å². The largest absolute Gasteiger partial charge is 0.362 e. The van der Waals surface area contributed by atoms with Crippen LogP contribution in [-0.2, 0) is 22.6 Å². The smallest absolute Gasteiger partial charge is 0.223 e. The fourth-order valence-corrected chi connectivity index (χ4v) is 3.32. The van der Waals surface area contributed by atoms with Crippen molar-refractivity contribution in [2.45, 2.75) is 45.6 Å². The summed E-state index contributed by atoms with van der Waals surface area (Å²) >= 11 is 1.79. The number of aryl methyl sites for hydroxylation is 1. The van der Waals surface area contributed by atoms with Gasteiger partial charge in [0, 0.05) is 32.4 Å². The lowest BCUT2D eigenvalue weighted by atomic mass is 10.1. The summed E-state index contributed by atoms with van der Waals surface area (Å²) in [5, 5.41) is 5.33. The molecule has 1 aliphatic heterocycles. The topological polar surface area (TPSA) is 41.6 Å². The van der Waals surface area contributed by atoms with Crippen molar-refractivity contribution >= 4 is 17.2 Å². The Morgan fingerprint density at radius 2 is 2.24 bits per heavy atom. The zero-order valence-electron chi connectivity index (χ0n) is 12.9. The number of nitrogens with one attached hydrogen (secondary N) is 1. The van der Waals surface area contributed by atoms with Gasteiger partial charge in [-0.2, -0.15) is 0 Å². The predicted molar refractivity (Wildman–Crippen MR) is 88.5 cm³/mol. The van der Waals surface area contributed by atoms with Gasteiger partial charge in [-0.05, 0) is 42.7 Å². The molecule has 5 heteroatoms. The lowest BCUT2D eigenvalue weighted by Crippen LogP contribution is -2.37. The molecular weight excluding hydrogens is 284 g/mol. The maximum absolute atomic E-state index is 11.9. The lowest BCUT2D eigenvalue weighted by Gasteiger charge is -2.26. The summed E-state index contributed by atoms with van der Waals surface area (Å²) < 4.78 is 5.58. The summed E-state index contributed by atoms with van der Waals surface area (Å²) in [7, 11) is 0. The van der Waals surface area contributed by atoms with Crippen LogP contribution in [0.2, 0.25) is 0 Å². The molecule has 0 atom stereocenters. The van der Waals surface area contributed by atoms with Crippen LogP contribution in [0.4, 0.5) is 0 Å². The third-order valence-electron chi connectivity index (χ3n) is 3.75. The van der Waals surface area contributed by atoms with Crippen LogP contribution in [0.25, 0.3) is 0 Å². The number of carbonyl (C=O) groups excluding carboxylic acids is 1. The van der Waals surface area contributed by atoms with E-state index in [4.69, 9.17) is 4.74 Å². The minimum absolute atomic E-state index is 0. The number of ether oxygens (including phenoxy) is 1. The molecule has 0 unspecified atom stereocenters. The van der Waals surface area contributed by atoms with Crippen LogP contribution < -0.4 is 5.32 Å². The van der Waals surface area contributed by atoms with E-state index in [1.54, 1.807) is 11.3 Å². The maximum Gasteiger partial charge on any atom is 0.223 e. The normalized spacial score (nSPS) is 15.4. The Hall–Kier alpha value is -0.910. The van der Waals surface area contributed by atoms with Crippen LogP contribution >= 0.6 is 11.3 Å². The minimum atomic E-state index is 0. The molecule has 120 valence electrons. The molecule has 4 nitrogen and oxygen atoms in total. The number of hydrogen-bond donors (Lipinski definition) is 1. The Morgan fingerprint density at radius 1 is 1.43 bits per heavy atom. The third-order valence-corrected chi connectivity index (χ3v) is 4.88. The number of piperidine rings is 1. The fourth-order valence-electron chi connectivity index (χ4n) is 2.50. The number of likely N-dealkylation sites (tertiary alicyclic amines) is 1. The van der Waals surface area contributed by atoms with Crippen molar-refractivity contribution in [3.63, 3.8) is 0 Å². The lowest BCUT2D eigenvalue weighted by molar-refractivity contribution is -0.132. The molecule has 1 saturated heterocycles. The van der Waals surface area contributed by atoms with Gasteiger partial charge in [-0.3, -0.25) is 10.1 Å². The average Bonchev–Trinajstić information content (AvgIpc) is 2.99. The van der Waals surface area contributed by atoms with Crippen LogP contribution in [0.15, 0.2) is 11.4 Å². The molecule has 1 aromatic heterocycles. The van der Waals surface area contributed by atoms with Crippen LogP contribution in [0.1, 0.15) is 44.5 Å². The number of nitrogens with zero attached hydrogens (tertiary/aromatic N) is 1. The van der Waals surface area contributed by atoms with Gasteiger partial charge in [-0.1, -0.05) is 6.92 Å². The summed E-state index contributed by atoms with van der Waals surface area (Å²) in [6.07, 6.45) is 5.23. The molecule has 1 fully saturated rings. The molecule has 0 saturated carbocycles. The van der Waals surface area contributed by atoms with Crippen LogP contribution in [0.5, 0.6) is 0 Å². The molecular formula is C16H28N2O2S. The van der Waals surface area contributed by atoms with Crippen LogP contribution in [0.3, 0.4) is 0 Å². The summed E-state index contributed by atoms with van der Waals surface area (Å²) in [5.74, 6) is 0.271. The first-order chi connectivity index (χ1) is 10.3. The first kappa shape index (κ1) is 16.5. The van der Waals surface area contributed by atoms with E-state index in [-0.39, 0.29) is 7.33 Å². The number of amides is 1. The molecule has 0 aliphatic carbocycles. The second kappa shape index (κ2) is 9.18. The van der Waals surface area contributed by atoms with Crippen molar-refractivity contribution in [3.8, 4) is 0 Å². The standard InChI is InChI=1S/C16H26N2O2S.H2/c1-2-15-10-14(12-21-15)11-20-13-17-7-6-16(19)18-8-4-3-5-9-18;/h10,12,17H,2-9,11,13H2,1H3;1H. The molecule has 0 aromatic carbocycles. The monoisotopic (exact) mass is 312 g/mol. The molecule has 2 rings (SSSR count). The van der Waals surface area contributed by atoms with Gasteiger partial charge in [0.15, 0.2) is 0 Å². The highest BCUT2D eigenvalue weighted by Gasteiger charge is 2.15. The van der Waals surface area contributed by atoms with Gasteiger partial charge >= 0.3 is 0 Å². The van der Waals surface area contributed by atoms with Gasteiger partial charge in [0.2, 0.25) is 5.91 Å². The highest BCUT2D eigenvalue weighted by Crippen LogP contribution is 2.15. The van der Waals surface area contributed by atoms with Crippen molar-refractivity contribution in [3.05, 3.63) is 21.9 Å². The van der Waals surface area contributed by atoms with Gasteiger partial charge < -0.3 is 9.64 Å². The Bertz CT molecular complexity index is 434. The molecule has 21 heavy (non-hydrogen) atoms. The van der Waals surface area contributed by atoms with Gasteiger partial charge in [0.1, 0.15) is 0 Å². The summed E-state index contributed by atoms with van der Waals surface area (Å²) in [6.45, 7) is 5.88. The molecule has 1 aliphatic rings. The molecule has 0 radical (unpaired) electrons. The average molecular weight is 312 g/mol. The van der Waals surface area contributed by atoms with E-state index in [1.165, 1.54) is 16.9 Å². The Labute approximate surface area is 133 Å². The molecule has 0 spiro atoms. The zero-order chi connectivity index (χ0) is 14.9. The second-order valence-electron chi connectivity index (χ2n) is 5.46. The predicted octanol–water partition coefficient (Wildman–Crippen LogP) is 3.02. The Kier molecular flexibility index (Phi) is 7.19.